The van der Waals surface area contributed by atoms with Gasteiger partial charge in [-0.05, 0) is 42.3 Å². The molecule has 0 atom stereocenters. The van der Waals surface area contributed by atoms with Crippen LogP contribution in [0.3, 0.4) is 0 Å². The van der Waals surface area contributed by atoms with Crippen molar-refractivity contribution in [2.24, 2.45) is 0 Å². The Kier molecular flexibility index (Phi) is 3.56. The summed E-state index contributed by atoms with van der Waals surface area (Å²) in [6.45, 7) is 0.237. The third-order valence-corrected chi connectivity index (χ3v) is 3.42. The van der Waals surface area contributed by atoms with Gasteiger partial charge in [-0.15, -0.1) is 0 Å². The van der Waals surface area contributed by atoms with Crippen LogP contribution in [0.15, 0.2) is 42.5 Å². The second-order valence-electron chi connectivity index (χ2n) is 4.79. The van der Waals surface area contributed by atoms with Crippen LogP contribution < -0.4 is 9.64 Å². The lowest BCUT2D eigenvalue weighted by Gasteiger charge is -2.18. The summed E-state index contributed by atoms with van der Waals surface area (Å²) < 4.78 is 31.9. The molecule has 2 aromatic carbocycles. The number of carbonyl (C=O) groups is 1. The van der Waals surface area contributed by atoms with E-state index in [1.165, 1.54) is 35.2 Å². The third kappa shape index (κ3) is 2.72. The van der Waals surface area contributed by atoms with Crippen molar-refractivity contribution < 1.29 is 18.3 Å². The summed E-state index contributed by atoms with van der Waals surface area (Å²) in [5.74, 6) is -0.690. The van der Waals surface area contributed by atoms with E-state index in [0.29, 0.717) is 24.4 Å². The van der Waals surface area contributed by atoms with Crippen molar-refractivity contribution in [3.8, 4) is 5.75 Å². The number of amides is 1. The first-order valence-electron chi connectivity index (χ1n) is 6.61. The number of ether oxygens (including phenoxy) is 1. The van der Waals surface area contributed by atoms with Crippen molar-refractivity contribution in [1.29, 1.82) is 0 Å². The van der Waals surface area contributed by atoms with Crippen molar-refractivity contribution in [3.63, 3.8) is 0 Å². The molecule has 1 aliphatic heterocycles. The lowest BCUT2D eigenvalue weighted by molar-refractivity contribution is -0.120. The molecule has 0 radical (unpaired) electrons. The van der Waals surface area contributed by atoms with Crippen LogP contribution in [0, 0.1) is 11.6 Å². The van der Waals surface area contributed by atoms with E-state index in [2.05, 4.69) is 0 Å². The highest BCUT2D eigenvalue weighted by atomic mass is 19.1. The maximum Gasteiger partial charge on any atom is 0.265 e. The minimum Gasteiger partial charge on any atom is -0.484 e. The first-order valence-corrected chi connectivity index (χ1v) is 6.61. The van der Waals surface area contributed by atoms with Crippen LogP contribution in [-0.4, -0.2) is 19.1 Å². The Morgan fingerprint density at radius 1 is 1.14 bits per heavy atom. The first-order chi connectivity index (χ1) is 10.1. The Morgan fingerprint density at radius 2 is 1.90 bits per heavy atom. The monoisotopic (exact) mass is 289 g/mol. The Bertz CT molecular complexity index is 670. The molecule has 2 aromatic rings. The molecule has 21 heavy (non-hydrogen) atoms. The SMILES string of the molecule is O=C(COc1ccc(F)cc1)N1CCc2cccc(F)c21. The quantitative estimate of drug-likeness (QED) is 0.869. The van der Waals surface area contributed by atoms with Crippen LogP contribution in [0.2, 0.25) is 0 Å². The molecular formula is C16H13F2NO2. The smallest absolute Gasteiger partial charge is 0.265 e. The van der Waals surface area contributed by atoms with E-state index in [4.69, 9.17) is 4.74 Å². The summed E-state index contributed by atoms with van der Waals surface area (Å²) in [7, 11) is 0. The van der Waals surface area contributed by atoms with Gasteiger partial charge in [-0.25, -0.2) is 8.78 Å². The van der Waals surface area contributed by atoms with Crippen molar-refractivity contribution in [3.05, 3.63) is 59.7 Å². The maximum absolute atomic E-state index is 13.8. The van der Waals surface area contributed by atoms with Gasteiger partial charge >= 0.3 is 0 Å². The lowest BCUT2D eigenvalue weighted by atomic mass is 10.1. The summed E-state index contributed by atoms with van der Waals surface area (Å²) in [5.41, 5.74) is 1.16. The zero-order chi connectivity index (χ0) is 14.8. The van der Waals surface area contributed by atoms with Gasteiger partial charge in [-0.2, -0.15) is 0 Å². The van der Waals surface area contributed by atoms with Gasteiger partial charge < -0.3 is 9.64 Å². The average molecular weight is 289 g/mol. The fraction of sp³-hybridized carbons (Fsp3) is 0.188. The number of nitrogens with zero attached hydrogens (tertiary/aromatic N) is 1. The van der Waals surface area contributed by atoms with Crippen LogP contribution in [0.4, 0.5) is 14.5 Å². The zero-order valence-electron chi connectivity index (χ0n) is 11.2. The molecule has 0 fully saturated rings. The fourth-order valence-corrected chi connectivity index (χ4v) is 2.41. The number of rotatable bonds is 3. The van der Waals surface area contributed by atoms with Crippen LogP contribution in [-0.2, 0) is 11.2 Å². The highest BCUT2D eigenvalue weighted by molar-refractivity contribution is 5.96. The molecule has 0 N–H and O–H groups in total. The van der Waals surface area contributed by atoms with E-state index in [-0.39, 0.29) is 18.3 Å². The molecule has 0 bridgehead atoms. The molecule has 1 aliphatic rings. The largest absolute Gasteiger partial charge is 0.484 e. The highest BCUT2D eigenvalue weighted by Crippen LogP contribution is 2.30. The van der Waals surface area contributed by atoms with Crippen molar-refractivity contribution in [1.82, 2.24) is 0 Å². The Morgan fingerprint density at radius 3 is 2.67 bits per heavy atom. The van der Waals surface area contributed by atoms with Gasteiger partial charge in [0.05, 0.1) is 5.69 Å². The molecule has 1 heterocycles. The molecule has 0 saturated carbocycles. The van der Waals surface area contributed by atoms with E-state index in [1.54, 1.807) is 6.07 Å². The Labute approximate surface area is 120 Å². The fourth-order valence-electron chi connectivity index (χ4n) is 2.41. The number of hydrogen-bond acceptors (Lipinski definition) is 2. The van der Waals surface area contributed by atoms with Gasteiger partial charge in [-0.3, -0.25) is 4.79 Å². The van der Waals surface area contributed by atoms with Crippen LogP contribution >= 0.6 is 0 Å². The molecule has 0 spiro atoms. The highest BCUT2D eigenvalue weighted by Gasteiger charge is 2.27. The normalized spacial score (nSPS) is 13.1. The predicted octanol–water partition coefficient (Wildman–Crippen LogP) is 2.93. The second-order valence-corrected chi connectivity index (χ2v) is 4.79. The average Bonchev–Trinajstić information content (AvgIpc) is 2.92. The Hall–Kier alpha value is -2.43. The topological polar surface area (TPSA) is 29.5 Å². The lowest BCUT2D eigenvalue weighted by Crippen LogP contribution is -2.33. The van der Waals surface area contributed by atoms with E-state index < -0.39 is 5.82 Å². The molecule has 5 heteroatoms. The van der Waals surface area contributed by atoms with E-state index >= 15 is 0 Å². The van der Waals surface area contributed by atoms with Gasteiger partial charge in [0.25, 0.3) is 5.91 Å². The number of carbonyl (C=O) groups excluding carboxylic acids is 1. The molecule has 0 aromatic heterocycles. The number of hydrogen-bond donors (Lipinski definition) is 0. The number of benzene rings is 2. The Balaban J connectivity index is 1.69. The van der Waals surface area contributed by atoms with E-state index in [0.717, 1.165) is 5.56 Å². The van der Waals surface area contributed by atoms with Gasteiger partial charge in [0.1, 0.15) is 17.4 Å². The number of fused-ring (bicyclic) bond motifs is 1. The molecule has 108 valence electrons. The number of para-hydroxylation sites is 1. The van der Waals surface area contributed by atoms with E-state index in [9.17, 15) is 13.6 Å². The molecule has 0 saturated heterocycles. The molecule has 0 unspecified atom stereocenters. The summed E-state index contributed by atoms with van der Waals surface area (Å²) in [4.78, 5) is 13.6. The summed E-state index contributed by atoms with van der Waals surface area (Å²) in [5, 5.41) is 0. The molecule has 3 rings (SSSR count). The van der Waals surface area contributed by atoms with Crippen LogP contribution in [0.1, 0.15) is 5.56 Å². The second kappa shape index (κ2) is 5.52. The summed E-state index contributed by atoms with van der Waals surface area (Å²) >= 11 is 0. The van der Waals surface area contributed by atoms with E-state index in [1.807, 2.05) is 6.07 Å². The molecule has 1 amide bonds. The predicted molar refractivity (Wildman–Crippen MR) is 74.4 cm³/mol. The zero-order valence-corrected chi connectivity index (χ0v) is 11.2. The minimum absolute atomic E-state index is 0.209. The first kappa shape index (κ1) is 13.5. The van der Waals surface area contributed by atoms with Crippen molar-refractivity contribution in [2.45, 2.75) is 6.42 Å². The number of anilines is 1. The van der Waals surface area contributed by atoms with Crippen LogP contribution in [0.5, 0.6) is 5.75 Å². The third-order valence-electron chi connectivity index (χ3n) is 3.42. The van der Waals surface area contributed by atoms with Gasteiger partial charge in [0.2, 0.25) is 0 Å². The summed E-state index contributed by atoms with van der Waals surface area (Å²) in [6, 6.07) is 10.2. The van der Waals surface area contributed by atoms with Crippen LogP contribution in [0.25, 0.3) is 0 Å². The van der Waals surface area contributed by atoms with Crippen molar-refractivity contribution >= 4 is 11.6 Å². The maximum atomic E-state index is 13.8. The minimum atomic E-state index is -0.403. The number of halogens is 2. The molecule has 0 aliphatic carbocycles. The molecular weight excluding hydrogens is 276 g/mol. The van der Waals surface area contributed by atoms with Gasteiger partial charge in [-0.1, -0.05) is 12.1 Å². The van der Waals surface area contributed by atoms with Gasteiger partial charge in [0.15, 0.2) is 6.61 Å². The summed E-state index contributed by atoms with van der Waals surface area (Å²) in [6.07, 6.45) is 0.634. The van der Waals surface area contributed by atoms with Gasteiger partial charge in [0, 0.05) is 6.54 Å². The molecule has 3 nitrogen and oxygen atoms in total. The standard InChI is InChI=1S/C16H13F2NO2/c17-12-4-6-13(7-5-12)21-10-15(20)19-9-8-11-2-1-3-14(18)16(11)19/h1-7H,8-10H2. The van der Waals surface area contributed by atoms with Crippen molar-refractivity contribution in [2.75, 3.05) is 18.1 Å².